The van der Waals surface area contributed by atoms with Gasteiger partial charge in [0.2, 0.25) is 0 Å². The van der Waals surface area contributed by atoms with Gasteiger partial charge >= 0.3 is 0 Å². The van der Waals surface area contributed by atoms with Crippen LogP contribution in [-0.4, -0.2) is 29.0 Å². The highest BCUT2D eigenvalue weighted by atomic mass is 32.1. The van der Waals surface area contributed by atoms with Crippen LogP contribution in [-0.2, 0) is 0 Å². The first kappa shape index (κ1) is 15.6. The molecule has 1 aliphatic heterocycles. The minimum absolute atomic E-state index is 0.717. The van der Waals surface area contributed by atoms with Gasteiger partial charge in [-0.3, -0.25) is 4.99 Å². The lowest BCUT2D eigenvalue weighted by Gasteiger charge is -2.14. The molecule has 3 heterocycles. The second kappa shape index (κ2) is 6.90. The highest BCUT2D eigenvalue weighted by Gasteiger charge is 2.11. The third-order valence-corrected chi connectivity index (χ3v) is 4.63. The van der Waals surface area contributed by atoms with Gasteiger partial charge in [0.15, 0.2) is 11.1 Å². The summed E-state index contributed by atoms with van der Waals surface area (Å²) in [6.07, 6.45) is 1.06. The van der Waals surface area contributed by atoms with Crippen LogP contribution in [0.4, 0.5) is 10.8 Å². The largest absolute Gasteiger partial charge is 0.398 e. The summed E-state index contributed by atoms with van der Waals surface area (Å²) in [6, 6.07) is 13.6. The molecule has 0 atom stereocenters. The first-order valence-corrected chi connectivity index (χ1v) is 9.01. The number of nitrogens with two attached hydrogens (primary N) is 1. The van der Waals surface area contributed by atoms with Gasteiger partial charge < -0.3 is 16.4 Å². The van der Waals surface area contributed by atoms with Crippen LogP contribution in [0.15, 0.2) is 52.8 Å². The number of rotatable bonds is 3. The number of pyridine rings is 1. The summed E-state index contributed by atoms with van der Waals surface area (Å²) in [4.78, 5) is 13.8. The SMILES string of the molecule is Nc1ccccc1-c1cccc(-c2csc(NC3=NCCCN3)n2)n1. The number of guanidine groups is 1. The zero-order valence-electron chi connectivity index (χ0n) is 13.6. The molecule has 0 amide bonds. The van der Waals surface area contributed by atoms with Crippen molar-refractivity contribution in [2.45, 2.75) is 6.42 Å². The number of nitrogens with zero attached hydrogens (tertiary/aromatic N) is 3. The molecule has 0 unspecified atom stereocenters. The van der Waals surface area contributed by atoms with Crippen molar-refractivity contribution in [3.63, 3.8) is 0 Å². The molecule has 0 radical (unpaired) electrons. The number of hydrogen-bond donors (Lipinski definition) is 3. The number of thiazole rings is 1. The van der Waals surface area contributed by atoms with E-state index in [1.807, 2.05) is 47.8 Å². The van der Waals surface area contributed by atoms with Crippen LogP contribution in [0.25, 0.3) is 22.6 Å². The molecule has 4 rings (SSSR count). The molecule has 1 aromatic carbocycles. The first-order chi connectivity index (χ1) is 12.3. The number of nitrogens with one attached hydrogen (secondary N) is 2. The summed E-state index contributed by atoms with van der Waals surface area (Å²) in [5.74, 6) is 0.783. The fourth-order valence-corrected chi connectivity index (χ4v) is 3.33. The number of para-hydroxylation sites is 1. The number of hydrogen-bond acceptors (Lipinski definition) is 7. The second-order valence-electron chi connectivity index (χ2n) is 5.67. The summed E-state index contributed by atoms with van der Waals surface area (Å²) in [5.41, 5.74) is 10.2. The Morgan fingerprint density at radius 1 is 1.00 bits per heavy atom. The van der Waals surface area contributed by atoms with Crippen molar-refractivity contribution in [2.75, 3.05) is 24.1 Å². The van der Waals surface area contributed by atoms with Crippen molar-refractivity contribution in [1.82, 2.24) is 15.3 Å². The molecular weight excluding hydrogens is 332 g/mol. The molecule has 6 nitrogen and oxygen atoms in total. The van der Waals surface area contributed by atoms with Gasteiger partial charge in [-0.15, -0.1) is 11.3 Å². The normalized spacial score (nSPS) is 13.8. The Balaban J connectivity index is 1.59. The van der Waals surface area contributed by atoms with Gasteiger partial charge in [0.25, 0.3) is 0 Å². The summed E-state index contributed by atoms with van der Waals surface area (Å²) in [6.45, 7) is 1.78. The molecule has 0 spiro atoms. The van der Waals surface area contributed by atoms with Gasteiger partial charge in [0, 0.05) is 29.7 Å². The highest BCUT2D eigenvalue weighted by molar-refractivity contribution is 7.14. The number of benzene rings is 1. The Morgan fingerprint density at radius 2 is 1.88 bits per heavy atom. The van der Waals surface area contributed by atoms with E-state index < -0.39 is 0 Å². The molecule has 3 aromatic rings. The standard InChI is InChI=1S/C18H18N6S/c19-13-6-2-1-5-12(13)14-7-3-8-15(22-14)16-11-25-18(23-16)24-17-20-9-4-10-21-17/h1-3,5-8,11H,4,9-10,19H2,(H2,20,21,23,24). The Morgan fingerprint density at radius 3 is 2.72 bits per heavy atom. The number of anilines is 2. The van der Waals surface area contributed by atoms with Gasteiger partial charge in [0.05, 0.1) is 11.4 Å². The van der Waals surface area contributed by atoms with E-state index in [4.69, 9.17) is 10.7 Å². The fraction of sp³-hybridized carbons (Fsp3) is 0.167. The van der Waals surface area contributed by atoms with Gasteiger partial charge in [0.1, 0.15) is 5.69 Å². The van der Waals surface area contributed by atoms with Gasteiger partial charge in [-0.25, -0.2) is 9.97 Å². The van der Waals surface area contributed by atoms with Crippen LogP contribution in [0.3, 0.4) is 0 Å². The lowest BCUT2D eigenvalue weighted by Crippen LogP contribution is -2.35. The van der Waals surface area contributed by atoms with E-state index in [1.54, 1.807) is 0 Å². The molecule has 4 N–H and O–H groups in total. The molecule has 25 heavy (non-hydrogen) atoms. The average Bonchev–Trinajstić information content (AvgIpc) is 3.12. The van der Waals surface area contributed by atoms with Crippen molar-refractivity contribution in [1.29, 1.82) is 0 Å². The Labute approximate surface area is 149 Å². The topological polar surface area (TPSA) is 88.2 Å². The van der Waals surface area contributed by atoms with Crippen LogP contribution in [0.5, 0.6) is 0 Å². The quantitative estimate of drug-likeness (QED) is 0.631. The molecule has 1 aliphatic rings. The summed E-state index contributed by atoms with van der Waals surface area (Å²) >= 11 is 1.54. The smallest absolute Gasteiger partial charge is 0.197 e. The van der Waals surface area contributed by atoms with E-state index in [0.717, 1.165) is 53.2 Å². The molecule has 7 heteroatoms. The van der Waals surface area contributed by atoms with Gasteiger partial charge in [-0.1, -0.05) is 24.3 Å². The zero-order chi connectivity index (χ0) is 17.1. The molecular formula is C18H18N6S. The average molecular weight is 350 g/mol. The molecule has 0 bridgehead atoms. The molecule has 126 valence electrons. The lowest BCUT2D eigenvalue weighted by molar-refractivity contribution is 0.740. The van der Waals surface area contributed by atoms with Crippen LogP contribution in [0, 0.1) is 0 Å². The predicted molar refractivity (Wildman–Crippen MR) is 104 cm³/mol. The lowest BCUT2D eigenvalue weighted by atomic mass is 10.1. The van der Waals surface area contributed by atoms with Gasteiger partial charge in [-0.2, -0.15) is 0 Å². The number of nitrogen functional groups attached to an aromatic ring is 1. The Bertz CT molecular complexity index is 917. The van der Waals surface area contributed by atoms with E-state index >= 15 is 0 Å². The van der Waals surface area contributed by atoms with Gasteiger partial charge in [-0.05, 0) is 24.6 Å². The van der Waals surface area contributed by atoms with E-state index in [0.29, 0.717) is 5.69 Å². The van der Waals surface area contributed by atoms with Crippen LogP contribution < -0.4 is 16.4 Å². The predicted octanol–water partition coefficient (Wildman–Crippen LogP) is 3.22. The Kier molecular flexibility index (Phi) is 4.30. The minimum Gasteiger partial charge on any atom is -0.398 e. The minimum atomic E-state index is 0.717. The van der Waals surface area contributed by atoms with E-state index in [9.17, 15) is 0 Å². The highest BCUT2D eigenvalue weighted by Crippen LogP contribution is 2.28. The van der Waals surface area contributed by atoms with Crippen molar-refractivity contribution < 1.29 is 0 Å². The van der Waals surface area contributed by atoms with Crippen LogP contribution in [0.2, 0.25) is 0 Å². The fourth-order valence-electron chi connectivity index (χ4n) is 2.62. The monoisotopic (exact) mass is 350 g/mol. The van der Waals surface area contributed by atoms with E-state index in [2.05, 4.69) is 20.6 Å². The van der Waals surface area contributed by atoms with E-state index in [-0.39, 0.29) is 0 Å². The molecule has 0 saturated heterocycles. The molecule has 0 aliphatic carbocycles. The molecule has 0 saturated carbocycles. The summed E-state index contributed by atoms with van der Waals surface area (Å²) in [5, 5.41) is 9.25. The maximum atomic E-state index is 6.07. The molecule has 2 aromatic heterocycles. The van der Waals surface area contributed by atoms with Crippen molar-refractivity contribution in [2.24, 2.45) is 4.99 Å². The van der Waals surface area contributed by atoms with Crippen molar-refractivity contribution in [3.8, 4) is 22.6 Å². The van der Waals surface area contributed by atoms with E-state index in [1.165, 1.54) is 11.3 Å². The third kappa shape index (κ3) is 3.46. The first-order valence-electron chi connectivity index (χ1n) is 8.13. The van der Waals surface area contributed by atoms with Crippen molar-refractivity contribution >= 4 is 28.1 Å². The second-order valence-corrected chi connectivity index (χ2v) is 6.53. The Hall–Kier alpha value is -2.93. The summed E-state index contributed by atoms with van der Waals surface area (Å²) in [7, 11) is 0. The van der Waals surface area contributed by atoms with Crippen molar-refractivity contribution in [3.05, 3.63) is 47.8 Å². The van der Waals surface area contributed by atoms with Crippen LogP contribution in [0.1, 0.15) is 6.42 Å². The third-order valence-electron chi connectivity index (χ3n) is 3.88. The molecule has 0 fully saturated rings. The zero-order valence-corrected chi connectivity index (χ0v) is 14.4. The maximum absolute atomic E-state index is 6.07. The number of aliphatic imine (C=N–C) groups is 1. The summed E-state index contributed by atoms with van der Waals surface area (Å²) < 4.78 is 0. The van der Waals surface area contributed by atoms with Crippen LogP contribution >= 0.6 is 11.3 Å². The maximum Gasteiger partial charge on any atom is 0.197 e. The number of aromatic nitrogens is 2.